The summed E-state index contributed by atoms with van der Waals surface area (Å²) in [6.07, 6.45) is 6.34. The number of hydrogen-bond acceptors (Lipinski definition) is 4. The highest BCUT2D eigenvalue weighted by molar-refractivity contribution is 7.92. The molecule has 2 amide bonds. The molecule has 0 bridgehead atoms. The fourth-order valence-electron chi connectivity index (χ4n) is 4.50. The minimum atomic E-state index is -3.87. The van der Waals surface area contributed by atoms with Crippen molar-refractivity contribution in [2.75, 3.05) is 17.1 Å². The summed E-state index contributed by atoms with van der Waals surface area (Å²) < 4.78 is 39.7. The second kappa shape index (κ2) is 12.5. The zero-order chi connectivity index (χ0) is 26.3. The molecular weight excluding hydrogens is 505 g/mol. The molecule has 36 heavy (non-hydrogen) atoms. The van der Waals surface area contributed by atoms with E-state index in [0.717, 1.165) is 42.7 Å². The van der Waals surface area contributed by atoms with Crippen molar-refractivity contribution in [3.05, 3.63) is 64.9 Å². The second-order valence-corrected chi connectivity index (χ2v) is 11.5. The first-order valence-electron chi connectivity index (χ1n) is 12.2. The average Bonchev–Trinajstić information content (AvgIpc) is 2.84. The molecular formula is C26H33ClFN3O4S. The predicted molar refractivity (Wildman–Crippen MR) is 140 cm³/mol. The number of rotatable bonds is 10. The van der Waals surface area contributed by atoms with E-state index in [4.69, 9.17) is 11.6 Å². The summed E-state index contributed by atoms with van der Waals surface area (Å²) in [5.74, 6) is -1.25. The number of sulfonamides is 1. The molecule has 0 aromatic heterocycles. The van der Waals surface area contributed by atoms with Crippen LogP contribution in [0.15, 0.2) is 48.5 Å². The molecule has 0 spiro atoms. The molecule has 1 atom stereocenters. The molecule has 2 aromatic rings. The summed E-state index contributed by atoms with van der Waals surface area (Å²) in [5, 5.41) is 3.26. The van der Waals surface area contributed by atoms with Crippen LogP contribution in [-0.2, 0) is 26.2 Å². The van der Waals surface area contributed by atoms with Crippen LogP contribution >= 0.6 is 11.6 Å². The van der Waals surface area contributed by atoms with Crippen molar-refractivity contribution >= 4 is 39.1 Å². The zero-order valence-corrected chi connectivity index (χ0v) is 22.2. The highest BCUT2D eigenvalue weighted by atomic mass is 35.5. The molecule has 0 aliphatic heterocycles. The van der Waals surface area contributed by atoms with E-state index in [9.17, 15) is 22.4 Å². The number of anilines is 1. The average molecular weight is 538 g/mol. The summed E-state index contributed by atoms with van der Waals surface area (Å²) in [4.78, 5) is 28.4. The lowest BCUT2D eigenvalue weighted by atomic mass is 9.95. The van der Waals surface area contributed by atoms with Crippen LogP contribution in [0.3, 0.4) is 0 Å². The van der Waals surface area contributed by atoms with Crippen molar-refractivity contribution < 1.29 is 22.4 Å². The maximum Gasteiger partial charge on any atom is 0.244 e. The van der Waals surface area contributed by atoms with E-state index in [-0.39, 0.29) is 29.2 Å². The monoisotopic (exact) mass is 537 g/mol. The summed E-state index contributed by atoms with van der Waals surface area (Å²) in [6, 6.07) is 11.3. The molecule has 1 N–H and O–H groups in total. The van der Waals surface area contributed by atoms with Gasteiger partial charge in [-0.15, -0.1) is 0 Å². The van der Waals surface area contributed by atoms with Gasteiger partial charge in [-0.05, 0) is 49.1 Å². The van der Waals surface area contributed by atoms with Crippen molar-refractivity contribution in [3.8, 4) is 0 Å². The summed E-state index contributed by atoms with van der Waals surface area (Å²) >= 11 is 6.25. The van der Waals surface area contributed by atoms with Gasteiger partial charge < -0.3 is 10.2 Å². The van der Waals surface area contributed by atoms with Gasteiger partial charge in [0.15, 0.2) is 0 Å². The van der Waals surface area contributed by atoms with Gasteiger partial charge in [-0.1, -0.05) is 62.1 Å². The Hall–Kier alpha value is -2.65. The van der Waals surface area contributed by atoms with Crippen LogP contribution in [0.1, 0.15) is 51.0 Å². The first kappa shape index (κ1) is 27.9. The van der Waals surface area contributed by atoms with Crippen molar-refractivity contribution in [2.24, 2.45) is 0 Å². The van der Waals surface area contributed by atoms with Crippen molar-refractivity contribution in [1.82, 2.24) is 10.2 Å². The zero-order valence-electron chi connectivity index (χ0n) is 20.6. The lowest BCUT2D eigenvalue weighted by Gasteiger charge is -2.34. The Morgan fingerprint density at radius 2 is 1.72 bits per heavy atom. The molecule has 10 heteroatoms. The molecule has 0 unspecified atom stereocenters. The van der Waals surface area contributed by atoms with Gasteiger partial charge in [0.05, 0.1) is 17.0 Å². The minimum absolute atomic E-state index is 0.0236. The smallest absolute Gasteiger partial charge is 0.244 e. The maximum absolute atomic E-state index is 13.7. The van der Waals surface area contributed by atoms with Crippen LogP contribution in [0.2, 0.25) is 5.02 Å². The lowest BCUT2D eigenvalue weighted by Crippen LogP contribution is -2.54. The third kappa shape index (κ3) is 7.43. The number of para-hydroxylation sites is 1. The van der Waals surface area contributed by atoms with Gasteiger partial charge in [-0.3, -0.25) is 13.9 Å². The highest BCUT2D eigenvalue weighted by Crippen LogP contribution is 2.28. The van der Waals surface area contributed by atoms with E-state index >= 15 is 0 Å². The summed E-state index contributed by atoms with van der Waals surface area (Å²) in [6.45, 7) is 1.30. The van der Waals surface area contributed by atoms with Gasteiger partial charge in [0.2, 0.25) is 21.8 Å². The fraction of sp³-hybridized carbons (Fsp3) is 0.462. The highest BCUT2D eigenvalue weighted by Gasteiger charge is 2.33. The topological polar surface area (TPSA) is 86.8 Å². The Labute approximate surface area is 217 Å². The lowest BCUT2D eigenvalue weighted by molar-refractivity contribution is -0.140. The van der Waals surface area contributed by atoms with Gasteiger partial charge in [0.25, 0.3) is 0 Å². The largest absolute Gasteiger partial charge is 0.352 e. The van der Waals surface area contributed by atoms with Gasteiger partial charge in [0.1, 0.15) is 18.4 Å². The number of hydrogen-bond donors (Lipinski definition) is 1. The standard InChI is InChI=1S/C26H33ClFN3O4S/c1-3-23(26(33)29-21-9-5-4-6-10-21)30(17-19-13-15-20(28)16-14-19)25(32)18-31(36(2,34)35)24-12-8-7-11-22(24)27/h7-8,11-16,21,23H,3-6,9-10,17-18H2,1-2H3,(H,29,33)/t23-/m0/s1. The van der Waals surface area contributed by atoms with E-state index in [1.165, 1.54) is 23.1 Å². The van der Waals surface area contributed by atoms with E-state index in [1.807, 2.05) is 0 Å². The van der Waals surface area contributed by atoms with Crippen LogP contribution in [0.4, 0.5) is 10.1 Å². The van der Waals surface area contributed by atoms with Gasteiger partial charge in [-0.2, -0.15) is 0 Å². The van der Waals surface area contributed by atoms with Crippen LogP contribution < -0.4 is 9.62 Å². The Bertz CT molecular complexity index is 1150. The predicted octanol–water partition coefficient (Wildman–Crippen LogP) is 4.50. The van der Waals surface area contributed by atoms with E-state index in [0.29, 0.717) is 12.0 Å². The third-order valence-electron chi connectivity index (χ3n) is 6.40. The number of nitrogens with one attached hydrogen (secondary N) is 1. The number of carbonyl (C=O) groups excluding carboxylic acids is 2. The number of benzene rings is 2. The number of nitrogens with zero attached hydrogens (tertiary/aromatic N) is 2. The minimum Gasteiger partial charge on any atom is -0.352 e. The molecule has 1 aliphatic rings. The summed E-state index contributed by atoms with van der Waals surface area (Å²) in [7, 11) is -3.87. The first-order chi connectivity index (χ1) is 17.1. The Balaban J connectivity index is 1.91. The van der Waals surface area contributed by atoms with Crippen LogP contribution in [0.5, 0.6) is 0 Å². The maximum atomic E-state index is 13.7. The number of amides is 2. The molecule has 0 heterocycles. The van der Waals surface area contributed by atoms with Crippen molar-refractivity contribution in [1.29, 1.82) is 0 Å². The molecule has 1 saturated carbocycles. The third-order valence-corrected chi connectivity index (χ3v) is 7.85. The van der Waals surface area contributed by atoms with Gasteiger partial charge >= 0.3 is 0 Å². The fourth-order valence-corrected chi connectivity index (χ4v) is 5.65. The molecule has 7 nitrogen and oxygen atoms in total. The Kier molecular flexibility index (Phi) is 9.73. The van der Waals surface area contributed by atoms with Crippen LogP contribution in [-0.4, -0.2) is 50.0 Å². The Morgan fingerprint density at radius 3 is 2.31 bits per heavy atom. The van der Waals surface area contributed by atoms with E-state index in [1.54, 1.807) is 37.3 Å². The number of halogens is 2. The first-order valence-corrected chi connectivity index (χ1v) is 14.4. The van der Waals surface area contributed by atoms with Crippen LogP contribution in [0, 0.1) is 5.82 Å². The molecule has 1 fully saturated rings. The summed E-state index contributed by atoms with van der Waals surface area (Å²) in [5.41, 5.74) is 0.800. The van der Waals surface area contributed by atoms with Gasteiger partial charge in [-0.25, -0.2) is 12.8 Å². The van der Waals surface area contributed by atoms with E-state index < -0.39 is 34.3 Å². The SMILES string of the molecule is CC[C@@H](C(=O)NC1CCCCC1)N(Cc1ccc(F)cc1)C(=O)CN(c1ccccc1Cl)S(C)(=O)=O. The molecule has 1 aliphatic carbocycles. The second-order valence-electron chi connectivity index (χ2n) is 9.14. The van der Waals surface area contributed by atoms with Gasteiger partial charge in [0, 0.05) is 12.6 Å². The molecule has 3 rings (SSSR count). The molecule has 196 valence electrons. The Morgan fingerprint density at radius 1 is 1.08 bits per heavy atom. The van der Waals surface area contributed by atoms with E-state index in [2.05, 4.69) is 5.32 Å². The molecule has 0 saturated heterocycles. The quantitative estimate of drug-likeness (QED) is 0.483. The molecule has 0 radical (unpaired) electrons. The van der Waals surface area contributed by atoms with Crippen LogP contribution in [0.25, 0.3) is 0 Å². The van der Waals surface area contributed by atoms with Crippen molar-refractivity contribution in [2.45, 2.75) is 64.1 Å². The van der Waals surface area contributed by atoms with Crippen molar-refractivity contribution in [3.63, 3.8) is 0 Å². The number of carbonyl (C=O) groups is 2. The normalized spacial score (nSPS) is 15.2. The molecule has 2 aromatic carbocycles.